The zero-order valence-electron chi connectivity index (χ0n) is 41.8. The van der Waals surface area contributed by atoms with Gasteiger partial charge in [0.15, 0.2) is 0 Å². The van der Waals surface area contributed by atoms with E-state index in [2.05, 4.69) is 280 Å². The quantitative estimate of drug-likeness (QED) is 0.154. The Bertz CT molecular complexity index is 4170. The summed E-state index contributed by atoms with van der Waals surface area (Å²) in [7, 11) is 0. The number of thiophene rings is 1. The summed E-state index contributed by atoms with van der Waals surface area (Å²) in [6, 6.07) is 90.2. The molecule has 0 saturated carbocycles. The van der Waals surface area contributed by atoms with E-state index < -0.39 is 16.4 Å². The Hall–Kier alpha value is -8.30. The molecule has 3 unspecified atom stereocenters. The van der Waals surface area contributed by atoms with Crippen LogP contribution in [0.2, 0.25) is 0 Å². The third kappa shape index (κ3) is 5.75. The zero-order chi connectivity index (χ0) is 49.4. The summed E-state index contributed by atoms with van der Waals surface area (Å²) in [6.45, 7) is 7.26. The molecule has 11 aromatic rings. The van der Waals surface area contributed by atoms with E-state index in [0.29, 0.717) is 0 Å². The summed E-state index contributed by atoms with van der Waals surface area (Å²) in [5, 5.41) is 2.66. The average molecular weight is 964 g/mol. The highest BCUT2D eigenvalue weighted by Gasteiger charge is 2.58. The molecule has 0 spiro atoms. The summed E-state index contributed by atoms with van der Waals surface area (Å²) in [5.74, 6) is 0. The van der Waals surface area contributed by atoms with Gasteiger partial charge in [-0.1, -0.05) is 232 Å². The van der Waals surface area contributed by atoms with E-state index in [1.807, 2.05) is 11.3 Å². The molecule has 352 valence electrons. The molecule has 4 aliphatic rings. The van der Waals surface area contributed by atoms with Crippen molar-refractivity contribution < 1.29 is 0 Å². The first kappa shape index (κ1) is 43.3. The Kier molecular flexibility index (Phi) is 9.27. The van der Waals surface area contributed by atoms with Crippen molar-refractivity contribution in [2.45, 2.75) is 49.0 Å². The molecule has 3 atom stereocenters. The van der Waals surface area contributed by atoms with Crippen LogP contribution in [0.5, 0.6) is 0 Å². The molecular weight excluding hydrogens is 911 g/mol. The lowest BCUT2D eigenvalue weighted by Crippen LogP contribution is -2.47. The second-order valence-corrected chi connectivity index (χ2v) is 22.8. The maximum atomic E-state index is 2.71. The highest BCUT2D eigenvalue weighted by molar-refractivity contribution is 7.25. The summed E-state index contributed by atoms with van der Waals surface area (Å²) < 4.78 is 2.66. The van der Waals surface area contributed by atoms with Crippen molar-refractivity contribution in [3.05, 3.63) is 316 Å². The van der Waals surface area contributed by atoms with Crippen LogP contribution < -0.4 is 4.90 Å². The van der Waals surface area contributed by atoms with E-state index >= 15 is 0 Å². The number of hydrogen-bond donors (Lipinski definition) is 0. The van der Waals surface area contributed by atoms with Gasteiger partial charge in [-0.15, -0.1) is 11.3 Å². The Morgan fingerprint density at radius 2 is 0.973 bits per heavy atom. The fourth-order valence-corrected chi connectivity index (χ4v) is 15.4. The molecular formula is C72H53NS. The number of rotatable bonds is 7. The molecule has 0 bridgehead atoms. The maximum absolute atomic E-state index is 2.71. The Labute approximate surface area is 438 Å². The molecule has 2 heteroatoms. The molecule has 1 aromatic heterocycles. The lowest BCUT2D eigenvalue weighted by atomic mass is 9.51. The van der Waals surface area contributed by atoms with Gasteiger partial charge < -0.3 is 4.90 Å². The summed E-state index contributed by atoms with van der Waals surface area (Å²) in [5.41, 5.74) is 21.4. The van der Waals surface area contributed by atoms with Gasteiger partial charge in [0.2, 0.25) is 0 Å². The molecule has 0 radical (unpaired) electrons. The first-order valence-corrected chi connectivity index (χ1v) is 27.0. The largest absolute Gasteiger partial charge is 0.331 e. The first-order chi connectivity index (χ1) is 36.3. The summed E-state index contributed by atoms with van der Waals surface area (Å²) in [6.07, 6.45) is 8.21. The highest BCUT2D eigenvalue weighted by Crippen LogP contribution is 2.67. The average Bonchev–Trinajstić information content (AvgIpc) is 4.24. The smallest absolute Gasteiger partial charge is 0.0728 e. The van der Waals surface area contributed by atoms with Gasteiger partial charge in [0, 0.05) is 37.0 Å². The molecule has 0 amide bonds. The van der Waals surface area contributed by atoms with Gasteiger partial charge >= 0.3 is 0 Å². The van der Waals surface area contributed by atoms with Crippen molar-refractivity contribution in [2.75, 3.05) is 4.90 Å². The number of para-hydroxylation sites is 1. The van der Waals surface area contributed by atoms with Crippen LogP contribution in [0.15, 0.2) is 255 Å². The Morgan fingerprint density at radius 1 is 0.405 bits per heavy atom. The van der Waals surface area contributed by atoms with Gasteiger partial charge in [0.1, 0.15) is 0 Å². The Balaban J connectivity index is 0.997. The van der Waals surface area contributed by atoms with Gasteiger partial charge in [-0.25, -0.2) is 0 Å². The first-order valence-electron chi connectivity index (χ1n) is 26.2. The molecule has 4 aliphatic carbocycles. The van der Waals surface area contributed by atoms with Crippen molar-refractivity contribution in [2.24, 2.45) is 0 Å². The van der Waals surface area contributed by atoms with Gasteiger partial charge in [-0.3, -0.25) is 0 Å². The van der Waals surface area contributed by atoms with Crippen LogP contribution in [0.4, 0.5) is 11.4 Å². The van der Waals surface area contributed by atoms with E-state index in [1.54, 1.807) is 0 Å². The number of fused-ring (bicyclic) bond motifs is 11. The Morgan fingerprint density at radius 3 is 1.72 bits per heavy atom. The molecule has 0 saturated heterocycles. The second-order valence-electron chi connectivity index (χ2n) is 21.7. The number of nitrogens with zero attached hydrogens (tertiary/aromatic N) is 1. The predicted octanol–water partition coefficient (Wildman–Crippen LogP) is 18.4. The normalized spacial score (nSPS) is 20.3. The van der Waals surface area contributed by atoms with Crippen LogP contribution in [0.1, 0.15) is 88.4 Å². The molecule has 0 N–H and O–H groups in total. The van der Waals surface area contributed by atoms with E-state index in [1.165, 1.54) is 121 Å². The van der Waals surface area contributed by atoms with Gasteiger partial charge in [0.25, 0.3) is 0 Å². The number of hydrogen-bond acceptors (Lipinski definition) is 2. The van der Waals surface area contributed by atoms with Crippen LogP contribution in [0.3, 0.4) is 0 Å². The van der Waals surface area contributed by atoms with Crippen LogP contribution in [-0.4, -0.2) is 5.54 Å². The molecule has 15 rings (SSSR count). The minimum absolute atomic E-state index is 0.179. The minimum atomic E-state index is -0.737. The second kappa shape index (κ2) is 15.8. The third-order valence-corrected chi connectivity index (χ3v) is 18.7. The number of anilines is 2. The maximum Gasteiger partial charge on any atom is 0.0728 e. The SMILES string of the molecule is CC1(C)c2ccccc2-c2ccc(N(c3ccccc3C3(c4ccccc4)c4ccccc4C4(c5ccccc5)c5ccccc5-c5cccc3c54)C3(C)C=CC(c4ccc5sc6ccccc6c5c4)=CC3)cc21. The number of allylic oxidation sites excluding steroid dienone is 2. The van der Waals surface area contributed by atoms with Crippen LogP contribution in [0.25, 0.3) is 48.0 Å². The lowest BCUT2D eigenvalue weighted by Gasteiger charge is -2.51. The van der Waals surface area contributed by atoms with E-state index in [-0.39, 0.29) is 5.41 Å². The molecule has 74 heavy (non-hydrogen) atoms. The third-order valence-electron chi connectivity index (χ3n) is 17.6. The standard InChI is InChI=1S/C72H53NS/c1-69(2)58-29-13-10-25-52(58)54-39-38-51(46-64(54)69)73(70(3)43-41-47(42-44-70)48-37-40-67-57(45-48)55-27-12-19-36-66(55)74-67)65-35-18-17-33-62(65)71(49-21-6-4-7-22-49)60-31-15-16-32-61(60)72(50-23-8-5-9-24-50)59-30-14-11-26-53(59)56-28-20-34-63(71)68(56)72/h4-43,45-46H,44H2,1-3H3. The fourth-order valence-electron chi connectivity index (χ4n) is 14.4. The van der Waals surface area contributed by atoms with Crippen molar-refractivity contribution >= 4 is 48.5 Å². The number of benzene rings is 10. The molecule has 0 aliphatic heterocycles. The van der Waals surface area contributed by atoms with Crippen molar-refractivity contribution in [1.29, 1.82) is 0 Å². The summed E-state index contributed by atoms with van der Waals surface area (Å²) >= 11 is 1.88. The van der Waals surface area contributed by atoms with E-state index in [0.717, 1.165) is 6.42 Å². The fraction of sp³-hybridized carbons (Fsp3) is 0.111. The van der Waals surface area contributed by atoms with Gasteiger partial charge in [0.05, 0.1) is 16.4 Å². The highest BCUT2D eigenvalue weighted by atomic mass is 32.1. The monoisotopic (exact) mass is 963 g/mol. The minimum Gasteiger partial charge on any atom is -0.331 e. The van der Waals surface area contributed by atoms with Crippen LogP contribution in [0, 0.1) is 0 Å². The van der Waals surface area contributed by atoms with E-state index in [4.69, 9.17) is 0 Å². The molecule has 1 heterocycles. The molecule has 1 nitrogen and oxygen atoms in total. The van der Waals surface area contributed by atoms with Crippen LogP contribution in [-0.2, 0) is 16.2 Å². The predicted molar refractivity (Wildman–Crippen MR) is 311 cm³/mol. The van der Waals surface area contributed by atoms with E-state index in [9.17, 15) is 0 Å². The summed E-state index contributed by atoms with van der Waals surface area (Å²) in [4.78, 5) is 2.71. The molecule has 10 aromatic carbocycles. The molecule has 0 fully saturated rings. The van der Waals surface area contributed by atoms with Gasteiger partial charge in [-0.05, 0) is 139 Å². The lowest BCUT2D eigenvalue weighted by molar-refractivity contribution is 0.562. The van der Waals surface area contributed by atoms with Crippen molar-refractivity contribution in [3.63, 3.8) is 0 Å². The topological polar surface area (TPSA) is 3.24 Å². The van der Waals surface area contributed by atoms with Crippen molar-refractivity contribution in [1.82, 2.24) is 0 Å². The van der Waals surface area contributed by atoms with Crippen LogP contribution >= 0.6 is 11.3 Å². The van der Waals surface area contributed by atoms with Crippen molar-refractivity contribution in [3.8, 4) is 22.3 Å². The van der Waals surface area contributed by atoms with Gasteiger partial charge in [-0.2, -0.15) is 0 Å². The zero-order valence-corrected chi connectivity index (χ0v) is 42.6.